The Morgan fingerprint density at radius 2 is 2.11 bits per heavy atom. The maximum atomic E-state index is 6.22. The topological polar surface area (TPSA) is 30.5 Å². The maximum absolute atomic E-state index is 6.22. The Hall–Kier alpha value is -0.930. The lowest BCUT2D eigenvalue weighted by molar-refractivity contribution is 0.174. The van der Waals surface area contributed by atoms with E-state index in [0.29, 0.717) is 22.6 Å². The van der Waals surface area contributed by atoms with Crippen LogP contribution in [-0.2, 0) is 0 Å². The zero-order chi connectivity index (χ0) is 13.6. The Balaban J connectivity index is 1.67. The van der Waals surface area contributed by atoms with Crippen LogP contribution in [-0.4, -0.2) is 18.9 Å². The number of rotatable bonds is 3. The first-order chi connectivity index (χ1) is 8.94. The smallest absolute Gasteiger partial charge is 0.231 e. The Bertz CT molecular complexity index is 496. The molecule has 1 heterocycles. The Labute approximate surface area is 119 Å². The van der Waals surface area contributed by atoms with E-state index in [4.69, 9.17) is 21.1 Å². The molecule has 0 amide bonds. The van der Waals surface area contributed by atoms with Gasteiger partial charge in [-0.05, 0) is 63.3 Å². The van der Waals surface area contributed by atoms with Crippen LogP contribution < -0.4 is 14.8 Å². The standard InChI is InChI=1S/C15H20ClNO2/c1-15(2,3)17-7-10-4-11(10)9-5-12(16)14-13(6-9)18-8-19-14/h5-6,10-11,17H,4,7-8H2,1-3H3. The zero-order valence-corrected chi connectivity index (χ0v) is 12.4. The first-order valence-corrected chi connectivity index (χ1v) is 7.16. The SMILES string of the molecule is CC(C)(C)NCC1CC1c1cc(Cl)c2c(c1)OCO2. The lowest BCUT2D eigenvalue weighted by Gasteiger charge is -2.20. The van der Waals surface area contributed by atoms with Gasteiger partial charge < -0.3 is 14.8 Å². The van der Waals surface area contributed by atoms with Gasteiger partial charge in [-0.3, -0.25) is 0 Å². The molecule has 0 bridgehead atoms. The molecule has 19 heavy (non-hydrogen) atoms. The van der Waals surface area contributed by atoms with Crippen molar-refractivity contribution in [3.63, 3.8) is 0 Å². The van der Waals surface area contributed by atoms with Crippen LogP contribution in [0.15, 0.2) is 12.1 Å². The quantitative estimate of drug-likeness (QED) is 0.919. The summed E-state index contributed by atoms with van der Waals surface area (Å²) in [6.07, 6.45) is 1.22. The fourth-order valence-corrected chi connectivity index (χ4v) is 2.79. The molecule has 2 aliphatic rings. The summed E-state index contributed by atoms with van der Waals surface area (Å²) in [6, 6.07) is 4.10. The lowest BCUT2D eigenvalue weighted by Crippen LogP contribution is -2.37. The van der Waals surface area contributed by atoms with E-state index in [1.54, 1.807) is 0 Å². The highest BCUT2D eigenvalue weighted by atomic mass is 35.5. The third kappa shape index (κ3) is 2.82. The minimum Gasteiger partial charge on any atom is -0.454 e. The van der Waals surface area contributed by atoms with Crippen LogP contribution in [0.2, 0.25) is 5.02 Å². The summed E-state index contributed by atoms with van der Waals surface area (Å²) in [7, 11) is 0. The van der Waals surface area contributed by atoms with Crippen LogP contribution in [0.25, 0.3) is 0 Å². The number of hydrogen-bond donors (Lipinski definition) is 1. The first kappa shape index (κ1) is 13.1. The molecule has 1 aliphatic carbocycles. The number of ether oxygens (including phenoxy) is 2. The summed E-state index contributed by atoms with van der Waals surface area (Å²) in [5.41, 5.74) is 1.45. The second kappa shape index (κ2) is 4.57. The van der Waals surface area contributed by atoms with Gasteiger partial charge in [0.25, 0.3) is 0 Å². The summed E-state index contributed by atoms with van der Waals surface area (Å²) in [6.45, 7) is 7.92. The van der Waals surface area contributed by atoms with Crippen LogP contribution in [0.5, 0.6) is 11.5 Å². The summed E-state index contributed by atoms with van der Waals surface area (Å²) in [4.78, 5) is 0. The first-order valence-electron chi connectivity index (χ1n) is 6.78. The van der Waals surface area contributed by atoms with E-state index < -0.39 is 0 Å². The summed E-state index contributed by atoms with van der Waals surface area (Å²) < 4.78 is 10.8. The monoisotopic (exact) mass is 281 g/mol. The molecular weight excluding hydrogens is 262 g/mol. The second-order valence-corrected chi connectivity index (χ2v) is 6.88. The van der Waals surface area contributed by atoms with Crippen molar-refractivity contribution in [1.29, 1.82) is 0 Å². The van der Waals surface area contributed by atoms with Crippen molar-refractivity contribution in [1.82, 2.24) is 5.32 Å². The molecule has 3 nitrogen and oxygen atoms in total. The molecule has 104 valence electrons. The van der Waals surface area contributed by atoms with Gasteiger partial charge in [0.05, 0.1) is 5.02 Å². The third-order valence-electron chi connectivity index (χ3n) is 3.69. The molecule has 0 aromatic heterocycles. The van der Waals surface area contributed by atoms with E-state index >= 15 is 0 Å². The van der Waals surface area contributed by atoms with Crippen molar-refractivity contribution in [2.45, 2.75) is 38.6 Å². The molecule has 0 spiro atoms. The minimum atomic E-state index is 0.180. The Morgan fingerprint density at radius 3 is 2.84 bits per heavy atom. The van der Waals surface area contributed by atoms with Crippen molar-refractivity contribution in [2.75, 3.05) is 13.3 Å². The molecule has 1 saturated carbocycles. The van der Waals surface area contributed by atoms with Gasteiger partial charge in [-0.1, -0.05) is 11.6 Å². The normalized spacial score (nSPS) is 24.6. The van der Waals surface area contributed by atoms with Gasteiger partial charge in [-0.25, -0.2) is 0 Å². The van der Waals surface area contributed by atoms with Crippen molar-refractivity contribution in [3.05, 3.63) is 22.7 Å². The average molecular weight is 282 g/mol. The molecule has 1 fully saturated rings. The minimum absolute atomic E-state index is 0.180. The van der Waals surface area contributed by atoms with E-state index in [0.717, 1.165) is 12.3 Å². The highest BCUT2D eigenvalue weighted by Gasteiger charge is 2.39. The van der Waals surface area contributed by atoms with Gasteiger partial charge in [-0.15, -0.1) is 0 Å². The van der Waals surface area contributed by atoms with E-state index in [2.05, 4.69) is 32.2 Å². The van der Waals surface area contributed by atoms with Gasteiger partial charge in [0.15, 0.2) is 11.5 Å². The largest absolute Gasteiger partial charge is 0.454 e. The van der Waals surface area contributed by atoms with E-state index in [9.17, 15) is 0 Å². The van der Waals surface area contributed by atoms with Crippen LogP contribution in [0.3, 0.4) is 0 Å². The predicted molar refractivity (Wildman–Crippen MR) is 76.2 cm³/mol. The molecule has 2 atom stereocenters. The summed E-state index contributed by atoms with van der Waals surface area (Å²) in [5, 5.41) is 4.23. The lowest BCUT2D eigenvalue weighted by atomic mass is 10.1. The number of fused-ring (bicyclic) bond motifs is 1. The molecule has 1 N–H and O–H groups in total. The molecule has 0 saturated heterocycles. The van der Waals surface area contributed by atoms with E-state index in [1.807, 2.05) is 6.07 Å². The number of halogens is 1. The molecule has 0 radical (unpaired) electrons. The molecule has 3 rings (SSSR count). The van der Waals surface area contributed by atoms with Crippen molar-refractivity contribution in [2.24, 2.45) is 5.92 Å². The van der Waals surface area contributed by atoms with E-state index in [-0.39, 0.29) is 12.3 Å². The van der Waals surface area contributed by atoms with Crippen LogP contribution in [0.1, 0.15) is 38.7 Å². The summed E-state index contributed by atoms with van der Waals surface area (Å²) >= 11 is 6.22. The fraction of sp³-hybridized carbons (Fsp3) is 0.600. The number of nitrogens with one attached hydrogen (secondary N) is 1. The number of benzene rings is 1. The van der Waals surface area contributed by atoms with Gasteiger partial charge in [-0.2, -0.15) is 0 Å². The van der Waals surface area contributed by atoms with Crippen molar-refractivity contribution < 1.29 is 9.47 Å². The van der Waals surface area contributed by atoms with Gasteiger partial charge in [0.1, 0.15) is 0 Å². The predicted octanol–water partition coefficient (Wildman–Crippen LogP) is 3.56. The molecular formula is C15H20ClNO2. The van der Waals surface area contributed by atoms with Crippen molar-refractivity contribution in [3.8, 4) is 11.5 Å². The van der Waals surface area contributed by atoms with Gasteiger partial charge in [0, 0.05) is 5.54 Å². The maximum Gasteiger partial charge on any atom is 0.231 e. The third-order valence-corrected chi connectivity index (χ3v) is 3.98. The second-order valence-electron chi connectivity index (χ2n) is 6.47. The summed E-state index contributed by atoms with van der Waals surface area (Å²) in [5.74, 6) is 2.78. The average Bonchev–Trinajstić information content (AvgIpc) is 2.94. The molecule has 2 unspecified atom stereocenters. The molecule has 4 heteroatoms. The van der Waals surface area contributed by atoms with Gasteiger partial charge in [0.2, 0.25) is 6.79 Å². The Kier molecular flexibility index (Phi) is 3.14. The van der Waals surface area contributed by atoms with Crippen LogP contribution >= 0.6 is 11.6 Å². The molecule has 1 aromatic carbocycles. The van der Waals surface area contributed by atoms with Crippen LogP contribution in [0.4, 0.5) is 0 Å². The van der Waals surface area contributed by atoms with E-state index in [1.165, 1.54) is 12.0 Å². The van der Waals surface area contributed by atoms with Gasteiger partial charge >= 0.3 is 0 Å². The van der Waals surface area contributed by atoms with Crippen LogP contribution in [0, 0.1) is 5.92 Å². The number of hydrogen-bond acceptors (Lipinski definition) is 3. The molecule has 1 aliphatic heterocycles. The fourth-order valence-electron chi connectivity index (χ4n) is 2.52. The molecule has 1 aromatic rings. The zero-order valence-electron chi connectivity index (χ0n) is 11.6. The Morgan fingerprint density at radius 1 is 1.32 bits per heavy atom. The highest BCUT2D eigenvalue weighted by molar-refractivity contribution is 6.32. The highest BCUT2D eigenvalue weighted by Crippen LogP contribution is 2.51. The van der Waals surface area contributed by atoms with Crippen molar-refractivity contribution >= 4 is 11.6 Å².